The maximum atomic E-state index is 13.7. The number of benzene rings is 3. The summed E-state index contributed by atoms with van der Waals surface area (Å²) in [6, 6.07) is 22.2. The van der Waals surface area contributed by atoms with Crippen LogP contribution in [0.4, 0.5) is 17.1 Å². The summed E-state index contributed by atoms with van der Waals surface area (Å²) in [5.41, 5.74) is 1.69. The quantitative estimate of drug-likeness (QED) is 0.297. The Morgan fingerprint density at radius 3 is 2.51 bits per heavy atom. The number of anilines is 3. The van der Waals surface area contributed by atoms with E-state index >= 15 is 0 Å². The van der Waals surface area contributed by atoms with Gasteiger partial charge in [-0.15, -0.1) is 0 Å². The second kappa shape index (κ2) is 10.6. The van der Waals surface area contributed by atoms with Crippen molar-refractivity contribution >= 4 is 45.3 Å². The number of hydrogen-bond acceptors (Lipinski definition) is 4. The molecule has 1 aliphatic rings. The van der Waals surface area contributed by atoms with Gasteiger partial charge in [0, 0.05) is 33.9 Å². The van der Waals surface area contributed by atoms with Crippen LogP contribution in [0.25, 0.3) is 0 Å². The molecule has 1 heterocycles. The van der Waals surface area contributed by atoms with Crippen LogP contribution in [0.1, 0.15) is 24.5 Å². The van der Waals surface area contributed by atoms with Gasteiger partial charge in [0.2, 0.25) is 6.41 Å². The maximum Gasteiger partial charge on any atom is 0.264 e. The van der Waals surface area contributed by atoms with E-state index in [0.29, 0.717) is 23.4 Å². The summed E-state index contributed by atoms with van der Waals surface area (Å²) < 4.78 is 0.766. The predicted molar refractivity (Wildman–Crippen MR) is 140 cm³/mol. The maximum absolute atomic E-state index is 13.7. The van der Waals surface area contributed by atoms with E-state index in [1.807, 2.05) is 66.7 Å². The molecule has 3 aromatic rings. The molecule has 2 atom stereocenters. The molecule has 0 spiro atoms. The Labute approximate surface area is 213 Å². The van der Waals surface area contributed by atoms with E-state index in [2.05, 4.69) is 15.9 Å². The van der Waals surface area contributed by atoms with E-state index < -0.39 is 17.4 Å². The zero-order valence-corrected chi connectivity index (χ0v) is 20.9. The highest BCUT2D eigenvalue weighted by atomic mass is 79.9. The minimum absolute atomic E-state index is 0.000976. The first-order valence-electron chi connectivity index (χ1n) is 11.4. The SMILES string of the molecule is C[C@H](/C=C/CCO)[C@@]1(O)C(=O)N(Cc2cccc(N(C=O)c3ccccc3)c2)c2ccc(Br)cc21. The Bertz CT molecular complexity index is 1250. The highest BCUT2D eigenvalue weighted by Gasteiger charge is 2.52. The van der Waals surface area contributed by atoms with Gasteiger partial charge in [-0.3, -0.25) is 14.5 Å². The lowest BCUT2D eigenvalue weighted by atomic mass is 9.83. The molecule has 180 valence electrons. The number of amides is 2. The average Bonchev–Trinajstić information content (AvgIpc) is 3.08. The third kappa shape index (κ3) is 4.80. The normalized spacial score (nSPS) is 18.1. The molecule has 6 nitrogen and oxygen atoms in total. The van der Waals surface area contributed by atoms with Crippen molar-refractivity contribution in [3.05, 3.63) is 101 Å². The van der Waals surface area contributed by atoms with Crippen molar-refractivity contribution in [1.29, 1.82) is 0 Å². The zero-order chi connectivity index (χ0) is 25.0. The number of rotatable bonds is 9. The van der Waals surface area contributed by atoms with Crippen molar-refractivity contribution in [2.24, 2.45) is 5.92 Å². The van der Waals surface area contributed by atoms with Crippen LogP contribution < -0.4 is 9.80 Å². The first-order chi connectivity index (χ1) is 16.9. The lowest BCUT2D eigenvalue weighted by Gasteiger charge is -2.28. The molecule has 0 bridgehead atoms. The Kier molecular flexibility index (Phi) is 7.50. The van der Waals surface area contributed by atoms with E-state index in [1.54, 1.807) is 34.9 Å². The van der Waals surface area contributed by atoms with E-state index in [4.69, 9.17) is 5.11 Å². The Balaban J connectivity index is 1.68. The molecule has 3 aromatic carbocycles. The number of carbonyl (C=O) groups is 2. The minimum atomic E-state index is -1.73. The fourth-order valence-corrected chi connectivity index (χ4v) is 4.80. The van der Waals surface area contributed by atoms with Crippen molar-refractivity contribution in [1.82, 2.24) is 0 Å². The standard InChI is InChI=1S/C28H27BrN2O4/c1-20(8-5-6-15-32)28(35)25-17-22(29)13-14-26(25)30(27(28)34)18-21-9-7-12-24(16-21)31(19-33)23-10-3-2-4-11-23/h2-5,7-14,16-17,19-20,32,35H,6,15,18H2,1H3/b8-5+/t20-,28+/m1/s1. The van der Waals surface area contributed by atoms with Crippen molar-refractivity contribution in [3.8, 4) is 0 Å². The summed E-state index contributed by atoms with van der Waals surface area (Å²) >= 11 is 3.46. The van der Waals surface area contributed by atoms with Crippen LogP contribution in [0.3, 0.4) is 0 Å². The molecule has 7 heteroatoms. The Morgan fingerprint density at radius 1 is 1.06 bits per heavy atom. The monoisotopic (exact) mass is 534 g/mol. The minimum Gasteiger partial charge on any atom is -0.396 e. The van der Waals surface area contributed by atoms with Gasteiger partial charge >= 0.3 is 0 Å². The molecular weight excluding hydrogens is 508 g/mol. The summed E-state index contributed by atoms with van der Waals surface area (Å²) in [6.07, 6.45) is 4.76. The summed E-state index contributed by atoms with van der Waals surface area (Å²) in [5.74, 6) is -0.915. The van der Waals surface area contributed by atoms with Gasteiger partial charge in [0.15, 0.2) is 5.60 Å². The second-order valence-corrected chi connectivity index (χ2v) is 9.44. The molecule has 0 aliphatic carbocycles. The molecule has 1 aliphatic heterocycles. The molecule has 0 aromatic heterocycles. The van der Waals surface area contributed by atoms with Crippen molar-refractivity contribution < 1.29 is 19.8 Å². The molecule has 4 rings (SSSR count). The smallest absolute Gasteiger partial charge is 0.264 e. The average molecular weight is 535 g/mol. The van der Waals surface area contributed by atoms with Crippen molar-refractivity contribution in [2.45, 2.75) is 25.5 Å². The number of carbonyl (C=O) groups excluding carboxylic acids is 2. The number of aliphatic hydroxyl groups is 2. The Morgan fingerprint density at radius 2 is 1.80 bits per heavy atom. The second-order valence-electron chi connectivity index (χ2n) is 8.53. The van der Waals surface area contributed by atoms with Crippen LogP contribution in [0.15, 0.2) is 89.4 Å². The van der Waals surface area contributed by atoms with Gasteiger partial charge in [-0.2, -0.15) is 0 Å². The zero-order valence-electron chi connectivity index (χ0n) is 19.3. The van der Waals surface area contributed by atoms with E-state index in [-0.39, 0.29) is 13.2 Å². The van der Waals surface area contributed by atoms with Crippen LogP contribution >= 0.6 is 15.9 Å². The lowest BCUT2D eigenvalue weighted by Crippen LogP contribution is -2.44. The van der Waals surface area contributed by atoms with Gasteiger partial charge in [-0.05, 0) is 54.4 Å². The van der Waals surface area contributed by atoms with Gasteiger partial charge in [-0.25, -0.2) is 0 Å². The number of nitrogens with zero attached hydrogens (tertiary/aromatic N) is 2. The van der Waals surface area contributed by atoms with Crippen molar-refractivity contribution in [3.63, 3.8) is 0 Å². The number of fused-ring (bicyclic) bond motifs is 1. The molecule has 0 radical (unpaired) electrons. The number of para-hydroxylation sites is 1. The molecule has 0 fully saturated rings. The van der Waals surface area contributed by atoms with Crippen molar-refractivity contribution in [2.75, 3.05) is 16.4 Å². The van der Waals surface area contributed by atoms with Crippen LogP contribution in [0, 0.1) is 5.92 Å². The molecular formula is C28H27BrN2O4. The summed E-state index contributed by atoms with van der Waals surface area (Å²) in [4.78, 5) is 28.7. The third-order valence-corrected chi connectivity index (χ3v) is 6.77. The topological polar surface area (TPSA) is 81.1 Å². The van der Waals surface area contributed by atoms with E-state index in [1.165, 1.54) is 0 Å². The molecule has 35 heavy (non-hydrogen) atoms. The van der Waals surface area contributed by atoms with E-state index in [9.17, 15) is 14.7 Å². The summed E-state index contributed by atoms with van der Waals surface area (Å²) in [6.45, 7) is 2.03. The number of halogens is 1. The van der Waals surface area contributed by atoms with Crippen LogP contribution in [0.2, 0.25) is 0 Å². The summed E-state index contributed by atoms with van der Waals surface area (Å²) in [7, 11) is 0. The predicted octanol–water partition coefficient (Wildman–Crippen LogP) is 5.05. The van der Waals surface area contributed by atoms with Gasteiger partial charge < -0.3 is 15.1 Å². The lowest BCUT2D eigenvalue weighted by molar-refractivity contribution is -0.139. The van der Waals surface area contributed by atoms with E-state index in [0.717, 1.165) is 22.1 Å². The first kappa shape index (κ1) is 24.9. The van der Waals surface area contributed by atoms with Gasteiger partial charge in [0.1, 0.15) is 0 Å². The molecule has 0 saturated heterocycles. The van der Waals surface area contributed by atoms with Gasteiger partial charge in [0.25, 0.3) is 5.91 Å². The molecule has 2 amide bonds. The largest absolute Gasteiger partial charge is 0.396 e. The highest BCUT2D eigenvalue weighted by molar-refractivity contribution is 9.10. The first-order valence-corrected chi connectivity index (χ1v) is 12.2. The molecule has 0 saturated carbocycles. The van der Waals surface area contributed by atoms with Crippen LogP contribution in [-0.4, -0.2) is 29.1 Å². The number of aliphatic hydroxyl groups excluding tert-OH is 1. The van der Waals surface area contributed by atoms with Crippen LogP contribution in [0.5, 0.6) is 0 Å². The highest BCUT2D eigenvalue weighted by Crippen LogP contribution is 2.46. The fourth-order valence-electron chi connectivity index (χ4n) is 4.44. The van der Waals surface area contributed by atoms with Crippen LogP contribution in [-0.2, 0) is 21.7 Å². The summed E-state index contributed by atoms with van der Waals surface area (Å²) in [5, 5.41) is 20.8. The molecule has 0 unspecified atom stereocenters. The molecule has 2 N–H and O–H groups in total. The third-order valence-electron chi connectivity index (χ3n) is 6.28. The van der Waals surface area contributed by atoms with Gasteiger partial charge in [-0.1, -0.05) is 65.3 Å². The Hall–Kier alpha value is -3.26. The van der Waals surface area contributed by atoms with Gasteiger partial charge in [0.05, 0.1) is 12.2 Å². The fraction of sp³-hybridized carbons (Fsp3) is 0.214. The number of hydrogen-bond donors (Lipinski definition) is 2.